The number of nitrogens with one attached hydrogen (secondary N) is 1. The molecular weight excluding hydrogens is 401 g/mol. The summed E-state index contributed by atoms with van der Waals surface area (Å²) in [6.45, 7) is -0.310. The lowest BCUT2D eigenvalue weighted by molar-refractivity contribution is -0.384. The molecule has 0 spiro atoms. The molecule has 2 aromatic carbocycles. The maximum Gasteiger partial charge on any atom is 0.269 e. The van der Waals surface area contributed by atoms with Crippen LogP contribution in [0.4, 0.5) is 16.0 Å². The van der Waals surface area contributed by atoms with Crippen LogP contribution in [0.3, 0.4) is 0 Å². The van der Waals surface area contributed by atoms with E-state index in [1.807, 2.05) is 5.38 Å². The molecule has 4 aromatic rings. The fourth-order valence-electron chi connectivity index (χ4n) is 2.53. The molecule has 0 saturated carbocycles. The van der Waals surface area contributed by atoms with E-state index >= 15 is 0 Å². The lowest BCUT2D eigenvalue weighted by Gasteiger charge is -2.05. The van der Waals surface area contributed by atoms with Crippen LogP contribution in [0.25, 0.3) is 16.2 Å². The van der Waals surface area contributed by atoms with E-state index in [9.17, 15) is 19.3 Å². The van der Waals surface area contributed by atoms with Gasteiger partial charge in [0, 0.05) is 23.1 Å². The van der Waals surface area contributed by atoms with Crippen LogP contribution in [0.2, 0.25) is 0 Å². The number of nitro groups is 1. The van der Waals surface area contributed by atoms with Crippen molar-refractivity contribution in [3.63, 3.8) is 0 Å². The standard InChI is InChI=1S/C18H12FN5O4S/c19-12-3-1-11(2-4-12)15-10-29-18-21-17(22-23(15)18)20-16(25)9-28-14-7-5-13(6-8-14)24(26)27/h1-8,10H,9H2,(H,20,22,25). The van der Waals surface area contributed by atoms with Gasteiger partial charge in [-0.15, -0.1) is 16.4 Å². The highest BCUT2D eigenvalue weighted by Gasteiger charge is 2.14. The van der Waals surface area contributed by atoms with Crippen LogP contribution in [0.5, 0.6) is 5.75 Å². The van der Waals surface area contributed by atoms with Crippen molar-refractivity contribution in [3.8, 4) is 17.0 Å². The Labute approximate surface area is 166 Å². The van der Waals surface area contributed by atoms with Gasteiger partial charge >= 0.3 is 0 Å². The molecule has 29 heavy (non-hydrogen) atoms. The Morgan fingerprint density at radius 3 is 2.62 bits per heavy atom. The minimum absolute atomic E-state index is 0.0685. The van der Waals surface area contributed by atoms with E-state index in [0.717, 1.165) is 11.3 Å². The van der Waals surface area contributed by atoms with Gasteiger partial charge in [-0.2, -0.15) is 4.98 Å². The Hall–Kier alpha value is -3.86. The number of carbonyl (C=O) groups excluding carboxylic acids is 1. The number of hydrogen-bond donors (Lipinski definition) is 1. The van der Waals surface area contributed by atoms with E-state index in [2.05, 4.69) is 15.4 Å². The summed E-state index contributed by atoms with van der Waals surface area (Å²) in [6, 6.07) is 11.4. The van der Waals surface area contributed by atoms with Gasteiger partial charge < -0.3 is 4.74 Å². The number of benzene rings is 2. The molecule has 1 N–H and O–H groups in total. The van der Waals surface area contributed by atoms with Crippen LogP contribution in [-0.2, 0) is 4.79 Å². The quantitative estimate of drug-likeness (QED) is 0.382. The molecule has 0 radical (unpaired) electrons. The predicted octanol–water partition coefficient (Wildman–Crippen LogP) is 3.52. The second-order valence-electron chi connectivity index (χ2n) is 5.85. The molecule has 0 saturated heterocycles. The highest BCUT2D eigenvalue weighted by Crippen LogP contribution is 2.26. The number of hydrogen-bond acceptors (Lipinski definition) is 7. The molecule has 0 aliphatic heterocycles. The van der Waals surface area contributed by atoms with E-state index in [1.165, 1.54) is 47.7 Å². The largest absolute Gasteiger partial charge is 0.484 e. The number of anilines is 1. The van der Waals surface area contributed by atoms with Gasteiger partial charge in [0.2, 0.25) is 4.96 Å². The van der Waals surface area contributed by atoms with Gasteiger partial charge in [-0.25, -0.2) is 8.91 Å². The number of thiazole rings is 1. The first-order valence-corrected chi connectivity index (χ1v) is 9.15. The van der Waals surface area contributed by atoms with Crippen LogP contribution in [-0.4, -0.2) is 32.0 Å². The fraction of sp³-hybridized carbons (Fsp3) is 0.0556. The van der Waals surface area contributed by atoms with Crippen LogP contribution in [0.15, 0.2) is 53.9 Å². The molecule has 146 valence electrons. The normalized spacial score (nSPS) is 10.8. The van der Waals surface area contributed by atoms with Crippen LogP contribution >= 0.6 is 11.3 Å². The van der Waals surface area contributed by atoms with Crippen molar-refractivity contribution in [1.82, 2.24) is 14.6 Å². The van der Waals surface area contributed by atoms with E-state index in [0.29, 0.717) is 10.7 Å². The molecular formula is C18H12FN5O4S. The van der Waals surface area contributed by atoms with Gasteiger partial charge in [-0.05, 0) is 36.4 Å². The van der Waals surface area contributed by atoms with Gasteiger partial charge in [0.1, 0.15) is 11.6 Å². The van der Waals surface area contributed by atoms with Gasteiger partial charge in [0.15, 0.2) is 6.61 Å². The Bertz CT molecular complexity index is 1190. The number of fused-ring (bicyclic) bond motifs is 1. The molecule has 2 aromatic heterocycles. The lowest BCUT2D eigenvalue weighted by Crippen LogP contribution is -2.20. The third-order valence-corrected chi connectivity index (χ3v) is 4.71. The Morgan fingerprint density at radius 1 is 1.21 bits per heavy atom. The molecule has 11 heteroatoms. The Kier molecular flexibility index (Phi) is 4.87. The fourth-order valence-corrected chi connectivity index (χ4v) is 3.36. The smallest absolute Gasteiger partial charge is 0.269 e. The second-order valence-corrected chi connectivity index (χ2v) is 6.68. The van der Waals surface area contributed by atoms with Gasteiger partial charge in [-0.1, -0.05) is 0 Å². The summed E-state index contributed by atoms with van der Waals surface area (Å²) in [7, 11) is 0. The van der Waals surface area contributed by atoms with Crippen molar-refractivity contribution in [3.05, 3.63) is 69.8 Å². The number of halogens is 1. The van der Waals surface area contributed by atoms with Crippen molar-refractivity contribution in [2.24, 2.45) is 0 Å². The summed E-state index contributed by atoms with van der Waals surface area (Å²) in [5.74, 6) is -0.384. The average molecular weight is 413 g/mol. The molecule has 0 aliphatic rings. The van der Waals surface area contributed by atoms with Gasteiger partial charge in [0.05, 0.1) is 10.6 Å². The maximum absolute atomic E-state index is 13.1. The van der Waals surface area contributed by atoms with Crippen LogP contribution < -0.4 is 10.1 Å². The van der Waals surface area contributed by atoms with Crippen molar-refractivity contribution in [1.29, 1.82) is 0 Å². The monoisotopic (exact) mass is 413 g/mol. The maximum atomic E-state index is 13.1. The molecule has 0 fully saturated rings. The summed E-state index contributed by atoms with van der Waals surface area (Å²) >= 11 is 1.33. The zero-order chi connectivity index (χ0) is 20.4. The van der Waals surface area contributed by atoms with E-state index in [1.54, 1.807) is 16.6 Å². The Morgan fingerprint density at radius 2 is 1.93 bits per heavy atom. The topological polar surface area (TPSA) is 112 Å². The van der Waals surface area contributed by atoms with Gasteiger partial charge in [-0.3, -0.25) is 20.2 Å². The summed E-state index contributed by atoms with van der Waals surface area (Å²) in [4.78, 5) is 27.0. The molecule has 4 rings (SSSR count). The molecule has 9 nitrogen and oxygen atoms in total. The molecule has 0 bridgehead atoms. The first kappa shape index (κ1) is 18.5. The molecule has 2 heterocycles. The van der Waals surface area contributed by atoms with Crippen LogP contribution in [0, 0.1) is 15.9 Å². The van der Waals surface area contributed by atoms with E-state index in [4.69, 9.17) is 4.74 Å². The molecule has 0 unspecified atom stereocenters. The minimum Gasteiger partial charge on any atom is -0.484 e. The number of rotatable bonds is 6. The van der Waals surface area contributed by atoms with Crippen molar-refractivity contribution in [2.45, 2.75) is 0 Å². The molecule has 0 aliphatic carbocycles. The van der Waals surface area contributed by atoms with Crippen LogP contribution in [0.1, 0.15) is 0 Å². The van der Waals surface area contributed by atoms with Gasteiger partial charge in [0.25, 0.3) is 17.5 Å². The molecule has 1 amide bonds. The zero-order valence-electron chi connectivity index (χ0n) is 14.6. The first-order chi connectivity index (χ1) is 14.0. The Balaban J connectivity index is 1.42. The average Bonchev–Trinajstić information content (AvgIpc) is 3.27. The predicted molar refractivity (Wildman–Crippen MR) is 103 cm³/mol. The minimum atomic E-state index is -0.521. The number of nitrogens with zero attached hydrogens (tertiary/aromatic N) is 4. The highest BCUT2D eigenvalue weighted by atomic mass is 32.1. The van der Waals surface area contributed by atoms with E-state index < -0.39 is 10.8 Å². The summed E-state index contributed by atoms with van der Waals surface area (Å²) in [5, 5.41) is 19.3. The second kappa shape index (κ2) is 7.64. The zero-order valence-corrected chi connectivity index (χ0v) is 15.4. The summed E-state index contributed by atoms with van der Waals surface area (Å²) in [6.07, 6.45) is 0. The number of aromatic nitrogens is 3. The third kappa shape index (κ3) is 4.04. The van der Waals surface area contributed by atoms with Crippen molar-refractivity contribution in [2.75, 3.05) is 11.9 Å². The number of non-ortho nitro benzene ring substituents is 1. The van der Waals surface area contributed by atoms with Crippen molar-refractivity contribution < 1.29 is 18.8 Å². The number of amides is 1. The number of nitro benzene ring substituents is 1. The number of carbonyl (C=O) groups is 1. The highest BCUT2D eigenvalue weighted by molar-refractivity contribution is 7.15. The third-order valence-electron chi connectivity index (χ3n) is 3.89. The first-order valence-electron chi connectivity index (χ1n) is 8.27. The summed E-state index contributed by atoms with van der Waals surface area (Å²) < 4.78 is 20.0. The van der Waals surface area contributed by atoms with Crippen molar-refractivity contribution >= 4 is 33.8 Å². The number of ether oxygens (including phenoxy) is 1. The van der Waals surface area contributed by atoms with E-state index in [-0.39, 0.29) is 24.1 Å². The SMILES string of the molecule is O=C(COc1ccc([N+](=O)[O-])cc1)Nc1nc2scc(-c3ccc(F)cc3)n2n1. The molecule has 0 atom stereocenters. The summed E-state index contributed by atoms with van der Waals surface area (Å²) in [5.41, 5.74) is 1.42. The lowest BCUT2D eigenvalue weighted by atomic mass is 10.2.